The van der Waals surface area contributed by atoms with Crippen molar-refractivity contribution in [2.45, 2.75) is 6.54 Å². The van der Waals surface area contributed by atoms with Crippen LogP contribution in [0.1, 0.15) is 5.56 Å². The normalized spacial score (nSPS) is 10.3. The number of halogens is 2. The smallest absolute Gasteiger partial charge is 0.146 e. The van der Waals surface area contributed by atoms with E-state index in [0.717, 1.165) is 5.56 Å². The molecule has 0 aliphatic carbocycles. The lowest BCUT2D eigenvalue weighted by atomic mass is 10.3. The Morgan fingerprint density at radius 1 is 1.24 bits per heavy atom. The summed E-state index contributed by atoms with van der Waals surface area (Å²) in [6.07, 6.45) is 3.18. The molecule has 0 saturated carbocycles. The van der Waals surface area contributed by atoms with Gasteiger partial charge < -0.3 is 10.5 Å². The molecule has 1 aromatic heterocycles. The molecule has 88 valence electrons. The van der Waals surface area contributed by atoms with Crippen LogP contribution in [0.3, 0.4) is 0 Å². The summed E-state index contributed by atoms with van der Waals surface area (Å²) in [4.78, 5) is 3.97. The van der Waals surface area contributed by atoms with Crippen LogP contribution < -0.4 is 10.5 Å². The van der Waals surface area contributed by atoms with Crippen molar-refractivity contribution in [1.82, 2.24) is 4.98 Å². The first-order chi connectivity index (χ1) is 8.19. The predicted octanol–water partition coefficient (Wildman–Crippen LogP) is 3.13. The Kier molecular flexibility index (Phi) is 3.56. The Morgan fingerprint density at radius 3 is 2.76 bits per heavy atom. The van der Waals surface area contributed by atoms with Gasteiger partial charge in [-0.05, 0) is 23.8 Å². The highest BCUT2D eigenvalue weighted by Gasteiger charge is 2.03. The molecule has 17 heavy (non-hydrogen) atoms. The number of nitrogens with two attached hydrogens (primary N) is 1. The molecule has 0 radical (unpaired) electrons. The number of hydrogen-bond donors (Lipinski definition) is 1. The van der Waals surface area contributed by atoms with Crippen LogP contribution >= 0.6 is 11.6 Å². The maximum absolute atomic E-state index is 13.2. The average Bonchev–Trinajstić information content (AvgIpc) is 2.34. The minimum Gasteiger partial charge on any atom is -0.456 e. The molecule has 0 spiro atoms. The fraction of sp³-hybridized carbons (Fsp3) is 0.0833. The van der Waals surface area contributed by atoms with Crippen LogP contribution in [0.4, 0.5) is 4.39 Å². The average molecular weight is 253 g/mol. The van der Waals surface area contributed by atoms with Gasteiger partial charge in [-0.25, -0.2) is 4.39 Å². The van der Waals surface area contributed by atoms with Crippen LogP contribution in [-0.2, 0) is 6.54 Å². The molecule has 2 aromatic rings. The number of rotatable bonds is 3. The second-order valence-electron chi connectivity index (χ2n) is 3.41. The molecule has 0 aliphatic heterocycles. The zero-order chi connectivity index (χ0) is 12.3. The largest absolute Gasteiger partial charge is 0.456 e. The number of ether oxygens (including phenoxy) is 1. The number of aromatic nitrogens is 1. The van der Waals surface area contributed by atoms with Gasteiger partial charge in [-0.15, -0.1) is 0 Å². The van der Waals surface area contributed by atoms with Gasteiger partial charge in [-0.3, -0.25) is 4.98 Å². The van der Waals surface area contributed by atoms with Crippen molar-refractivity contribution in [1.29, 1.82) is 0 Å². The van der Waals surface area contributed by atoms with Crippen LogP contribution in [0.2, 0.25) is 5.02 Å². The standard InChI is InChI=1S/C12H10ClFN2O/c13-11-2-1-9(4-12(11)14)17-10-3-8(5-15)6-16-7-10/h1-4,6-7H,5,15H2. The molecule has 0 bridgehead atoms. The van der Waals surface area contributed by atoms with E-state index in [1.54, 1.807) is 18.3 Å². The van der Waals surface area contributed by atoms with Crippen LogP contribution in [0.15, 0.2) is 36.7 Å². The van der Waals surface area contributed by atoms with Gasteiger partial charge >= 0.3 is 0 Å². The van der Waals surface area contributed by atoms with E-state index in [-0.39, 0.29) is 5.02 Å². The van der Waals surface area contributed by atoms with Crippen LogP contribution in [0.25, 0.3) is 0 Å². The van der Waals surface area contributed by atoms with Crippen molar-refractivity contribution in [3.63, 3.8) is 0 Å². The van der Waals surface area contributed by atoms with Crippen molar-refractivity contribution in [3.8, 4) is 11.5 Å². The van der Waals surface area contributed by atoms with E-state index >= 15 is 0 Å². The van der Waals surface area contributed by atoms with Crippen molar-refractivity contribution in [2.75, 3.05) is 0 Å². The van der Waals surface area contributed by atoms with E-state index in [9.17, 15) is 4.39 Å². The molecule has 2 rings (SSSR count). The number of benzene rings is 1. The fourth-order valence-corrected chi connectivity index (χ4v) is 1.43. The summed E-state index contributed by atoms with van der Waals surface area (Å²) >= 11 is 5.57. The number of hydrogen-bond acceptors (Lipinski definition) is 3. The van der Waals surface area contributed by atoms with E-state index in [1.807, 2.05) is 0 Å². The topological polar surface area (TPSA) is 48.1 Å². The van der Waals surface area contributed by atoms with E-state index in [1.165, 1.54) is 18.3 Å². The molecule has 2 N–H and O–H groups in total. The van der Waals surface area contributed by atoms with Gasteiger partial charge in [0.05, 0.1) is 11.2 Å². The van der Waals surface area contributed by atoms with Gasteiger partial charge in [0, 0.05) is 18.8 Å². The van der Waals surface area contributed by atoms with Crippen LogP contribution in [0, 0.1) is 5.82 Å². The molecule has 5 heteroatoms. The Balaban J connectivity index is 2.22. The summed E-state index contributed by atoms with van der Waals surface area (Å²) in [6.45, 7) is 0.374. The first-order valence-electron chi connectivity index (χ1n) is 4.96. The summed E-state index contributed by atoms with van der Waals surface area (Å²) in [5.41, 5.74) is 6.33. The molecule has 1 aromatic carbocycles. The number of nitrogens with zero attached hydrogens (tertiary/aromatic N) is 1. The highest BCUT2D eigenvalue weighted by molar-refractivity contribution is 6.30. The van der Waals surface area contributed by atoms with Crippen molar-refractivity contribution in [3.05, 3.63) is 53.1 Å². The second kappa shape index (κ2) is 5.12. The third kappa shape index (κ3) is 2.93. The summed E-state index contributed by atoms with van der Waals surface area (Å²) in [5, 5.41) is 0.0613. The van der Waals surface area contributed by atoms with Gasteiger partial charge in [0.1, 0.15) is 17.3 Å². The zero-order valence-corrected chi connectivity index (χ0v) is 9.62. The first kappa shape index (κ1) is 11.8. The maximum atomic E-state index is 13.2. The lowest BCUT2D eigenvalue weighted by molar-refractivity contribution is 0.474. The Morgan fingerprint density at radius 2 is 2.06 bits per heavy atom. The highest BCUT2D eigenvalue weighted by atomic mass is 35.5. The predicted molar refractivity (Wildman–Crippen MR) is 63.6 cm³/mol. The van der Waals surface area contributed by atoms with E-state index < -0.39 is 5.82 Å². The molecule has 0 saturated heterocycles. The Hall–Kier alpha value is -1.65. The molecular weight excluding hydrogens is 243 g/mol. The molecule has 0 atom stereocenters. The van der Waals surface area contributed by atoms with Gasteiger partial charge in [-0.1, -0.05) is 11.6 Å². The molecule has 0 amide bonds. The lowest BCUT2D eigenvalue weighted by Crippen LogP contribution is -1.97. The minimum absolute atomic E-state index is 0.0613. The monoisotopic (exact) mass is 252 g/mol. The van der Waals surface area contributed by atoms with Gasteiger partial charge in [0.15, 0.2) is 0 Å². The molecular formula is C12H10ClFN2O. The van der Waals surface area contributed by atoms with Crippen LogP contribution in [-0.4, -0.2) is 4.98 Å². The fourth-order valence-electron chi connectivity index (χ4n) is 1.31. The summed E-state index contributed by atoms with van der Waals surface area (Å²) in [5.74, 6) is 0.352. The SMILES string of the molecule is NCc1cncc(Oc2ccc(Cl)c(F)c2)c1. The Bertz CT molecular complexity index is 534. The van der Waals surface area contributed by atoms with E-state index in [2.05, 4.69) is 4.98 Å². The van der Waals surface area contributed by atoms with Gasteiger partial charge in [0.25, 0.3) is 0 Å². The van der Waals surface area contributed by atoms with Crippen molar-refractivity contribution < 1.29 is 9.13 Å². The molecule has 0 fully saturated rings. The van der Waals surface area contributed by atoms with Crippen LogP contribution in [0.5, 0.6) is 11.5 Å². The summed E-state index contributed by atoms with van der Waals surface area (Å²) in [7, 11) is 0. The van der Waals surface area contributed by atoms with Crippen molar-refractivity contribution >= 4 is 11.6 Å². The van der Waals surface area contributed by atoms with Gasteiger partial charge in [-0.2, -0.15) is 0 Å². The number of pyridine rings is 1. The lowest BCUT2D eigenvalue weighted by Gasteiger charge is -2.06. The highest BCUT2D eigenvalue weighted by Crippen LogP contribution is 2.25. The molecule has 0 aliphatic rings. The summed E-state index contributed by atoms with van der Waals surface area (Å²) in [6, 6.07) is 5.99. The van der Waals surface area contributed by atoms with E-state index in [0.29, 0.717) is 18.0 Å². The quantitative estimate of drug-likeness (QED) is 0.913. The third-order valence-corrected chi connectivity index (χ3v) is 2.44. The van der Waals surface area contributed by atoms with Crippen molar-refractivity contribution in [2.24, 2.45) is 5.73 Å². The summed E-state index contributed by atoms with van der Waals surface area (Å²) < 4.78 is 18.6. The zero-order valence-electron chi connectivity index (χ0n) is 8.86. The molecule has 0 unspecified atom stereocenters. The first-order valence-corrected chi connectivity index (χ1v) is 5.34. The third-order valence-electron chi connectivity index (χ3n) is 2.13. The maximum Gasteiger partial charge on any atom is 0.146 e. The molecule has 3 nitrogen and oxygen atoms in total. The molecule has 1 heterocycles. The minimum atomic E-state index is -0.521. The van der Waals surface area contributed by atoms with E-state index in [4.69, 9.17) is 22.1 Å². The second-order valence-corrected chi connectivity index (χ2v) is 3.82. The van der Waals surface area contributed by atoms with Gasteiger partial charge in [0.2, 0.25) is 0 Å². The Labute approximate surface area is 103 Å².